The highest BCUT2D eigenvalue weighted by Gasteiger charge is 2.21. The van der Waals surface area contributed by atoms with E-state index in [2.05, 4.69) is 31.4 Å². The van der Waals surface area contributed by atoms with Crippen LogP contribution in [-0.2, 0) is 21.4 Å². The molecule has 0 aliphatic carbocycles. The number of halogens is 1. The molecule has 168 valence electrons. The summed E-state index contributed by atoms with van der Waals surface area (Å²) < 4.78 is 6.68. The Bertz CT molecular complexity index is 1080. The molecule has 0 fully saturated rings. The number of carbonyl (C=O) groups is 2. The summed E-state index contributed by atoms with van der Waals surface area (Å²) in [6.45, 7) is 8.30. The molecule has 0 atom stereocenters. The van der Waals surface area contributed by atoms with Crippen molar-refractivity contribution < 1.29 is 14.3 Å². The van der Waals surface area contributed by atoms with E-state index < -0.39 is 6.03 Å². The monoisotopic (exact) mass is 454 g/mol. The molecule has 0 spiro atoms. The minimum atomic E-state index is -0.395. The van der Waals surface area contributed by atoms with Crippen LogP contribution in [0.2, 0.25) is 5.02 Å². The Morgan fingerprint density at radius 1 is 1.03 bits per heavy atom. The average molecular weight is 455 g/mol. The van der Waals surface area contributed by atoms with Gasteiger partial charge in [0.15, 0.2) is 0 Å². The van der Waals surface area contributed by atoms with E-state index in [9.17, 15) is 9.59 Å². The number of ether oxygens (including phenoxy) is 1. The van der Waals surface area contributed by atoms with Crippen molar-refractivity contribution in [2.45, 2.75) is 39.5 Å². The van der Waals surface area contributed by atoms with Crippen LogP contribution in [0.3, 0.4) is 0 Å². The highest BCUT2D eigenvalue weighted by molar-refractivity contribution is 6.30. The predicted molar refractivity (Wildman–Crippen MR) is 127 cm³/mol. The normalized spacial score (nSPS) is 11.2. The van der Waals surface area contributed by atoms with Crippen LogP contribution in [0.4, 0.5) is 16.3 Å². The first-order valence-electron chi connectivity index (χ1n) is 10.3. The van der Waals surface area contributed by atoms with Gasteiger partial charge in [-0.25, -0.2) is 9.48 Å². The summed E-state index contributed by atoms with van der Waals surface area (Å²) in [6.07, 6.45) is 0.203. The Morgan fingerprint density at radius 2 is 1.69 bits per heavy atom. The Labute approximate surface area is 192 Å². The molecule has 2 aromatic carbocycles. The number of nitrogens with one attached hydrogen (secondary N) is 2. The standard InChI is InChI=1S/C24H27ClN4O3/c1-5-32-22(30)14-16-6-12-19(13-7-16)29-21(15-20(28-29)24(2,3)4)27-23(31)26-18-10-8-17(25)9-11-18/h6-13,15H,5,14H2,1-4H3,(H2,26,27,31). The van der Waals surface area contributed by atoms with Crippen molar-refractivity contribution >= 4 is 35.1 Å². The average Bonchev–Trinajstić information content (AvgIpc) is 3.14. The maximum atomic E-state index is 12.6. The van der Waals surface area contributed by atoms with Crippen LogP contribution in [0.25, 0.3) is 5.69 Å². The minimum Gasteiger partial charge on any atom is -0.466 e. The van der Waals surface area contributed by atoms with Gasteiger partial charge in [0.2, 0.25) is 0 Å². The molecule has 2 amide bonds. The van der Waals surface area contributed by atoms with Gasteiger partial charge in [-0.3, -0.25) is 10.1 Å². The molecule has 3 rings (SSSR count). The Hall–Kier alpha value is -3.32. The molecule has 0 saturated carbocycles. The number of urea groups is 1. The summed E-state index contributed by atoms with van der Waals surface area (Å²) in [4.78, 5) is 24.3. The molecule has 0 aliphatic heterocycles. The first kappa shape index (κ1) is 23.3. The zero-order valence-corrected chi connectivity index (χ0v) is 19.4. The van der Waals surface area contributed by atoms with Gasteiger partial charge in [0.25, 0.3) is 0 Å². The largest absolute Gasteiger partial charge is 0.466 e. The lowest BCUT2D eigenvalue weighted by Crippen LogP contribution is -2.21. The molecule has 0 bridgehead atoms. The molecule has 1 aromatic heterocycles. The Kier molecular flexibility index (Phi) is 7.20. The highest BCUT2D eigenvalue weighted by atomic mass is 35.5. The number of nitrogens with zero attached hydrogens (tertiary/aromatic N) is 2. The molecule has 2 N–H and O–H groups in total. The number of benzene rings is 2. The van der Waals surface area contributed by atoms with Crippen LogP contribution in [0.15, 0.2) is 54.6 Å². The molecule has 0 saturated heterocycles. The number of anilines is 2. The molecule has 0 radical (unpaired) electrons. The molecular weight excluding hydrogens is 428 g/mol. The van der Waals surface area contributed by atoms with Crippen molar-refractivity contribution in [1.82, 2.24) is 9.78 Å². The van der Waals surface area contributed by atoms with Crippen molar-refractivity contribution in [2.24, 2.45) is 0 Å². The number of hydrogen-bond acceptors (Lipinski definition) is 4. The smallest absolute Gasteiger partial charge is 0.324 e. The van der Waals surface area contributed by atoms with Crippen molar-refractivity contribution in [3.63, 3.8) is 0 Å². The third-order valence-electron chi connectivity index (χ3n) is 4.66. The second-order valence-electron chi connectivity index (χ2n) is 8.31. The summed E-state index contributed by atoms with van der Waals surface area (Å²) in [5.41, 5.74) is 2.84. The number of aromatic nitrogens is 2. The fraction of sp³-hybridized carbons (Fsp3) is 0.292. The van der Waals surface area contributed by atoms with E-state index in [1.54, 1.807) is 35.9 Å². The molecule has 1 heterocycles. The van der Waals surface area contributed by atoms with Crippen LogP contribution in [0, 0.1) is 0 Å². The van der Waals surface area contributed by atoms with Crippen LogP contribution >= 0.6 is 11.6 Å². The van der Waals surface area contributed by atoms with E-state index >= 15 is 0 Å². The zero-order chi connectivity index (χ0) is 23.3. The molecule has 8 heteroatoms. The van der Waals surface area contributed by atoms with Gasteiger partial charge in [-0.05, 0) is 48.9 Å². The minimum absolute atomic E-state index is 0.203. The molecule has 7 nitrogen and oxygen atoms in total. The van der Waals surface area contributed by atoms with Gasteiger partial charge < -0.3 is 10.1 Å². The van der Waals surface area contributed by atoms with Gasteiger partial charge in [-0.2, -0.15) is 5.10 Å². The van der Waals surface area contributed by atoms with E-state index in [-0.39, 0.29) is 17.8 Å². The van der Waals surface area contributed by atoms with E-state index in [0.29, 0.717) is 23.1 Å². The van der Waals surface area contributed by atoms with Gasteiger partial charge in [0.05, 0.1) is 24.4 Å². The fourth-order valence-electron chi connectivity index (χ4n) is 2.98. The number of rotatable bonds is 6. The quantitative estimate of drug-likeness (QED) is 0.476. The third-order valence-corrected chi connectivity index (χ3v) is 4.91. The van der Waals surface area contributed by atoms with Crippen molar-refractivity contribution in [2.75, 3.05) is 17.2 Å². The Balaban J connectivity index is 1.83. The highest BCUT2D eigenvalue weighted by Crippen LogP contribution is 2.27. The summed E-state index contributed by atoms with van der Waals surface area (Å²) in [5, 5.41) is 11.0. The number of esters is 1. The molecule has 32 heavy (non-hydrogen) atoms. The SMILES string of the molecule is CCOC(=O)Cc1ccc(-n2nc(C(C)(C)C)cc2NC(=O)Nc2ccc(Cl)cc2)cc1. The van der Waals surface area contributed by atoms with Gasteiger partial charge in [-0.15, -0.1) is 0 Å². The summed E-state index contributed by atoms with van der Waals surface area (Å²) in [5.74, 6) is 0.259. The third kappa shape index (κ3) is 6.11. The fourth-order valence-corrected chi connectivity index (χ4v) is 3.11. The van der Waals surface area contributed by atoms with Crippen LogP contribution in [-0.4, -0.2) is 28.4 Å². The second kappa shape index (κ2) is 9.87. The first-order chi connectivity index (χ1) is 15.2. The van der Waals surface area contributed by atoms with Gasteiger partial charge in [0, 0.05) is 22.2 Å². The van der Waals surface area contributed by atoms with Crippen molar-refractivity contribution in [3.8, 4) is 5.69 Å². The van der Waals surface area contributed by atoms with E-state index in [1.165, 1.54) is 0 Å². The van der Waals surface area contributed by atoms with E-state index in [4.69, 9.17) is 21.4 Å². The second-order valence-corrected chi connectivity index (χ2v) is 8.75. The lowest BCUT2D eigenvalue weighted by atomic mass is 9.92. The van der Waals surface area contributed by atoms with Crippen molar-refractivity contribution in [3.05, 3.63) is 70.9 Å². The summed E-state index contributed by atoms with van der Waals surface area (Å²) in [6, 6.07) is 15.7. The van der Waals surface area contributed by atoms with Gasteiger partial charge >= 0.3 is 12.0 Å². The van der Waals surface area contributed by atoms with Gasteiger partial charge in [-0.1, -0.05) is 44.5 Å². The summed E-state index contributed by atoms with van der Waals surface area (Å²) >= 11 is 5.90. The van der Waals surface area contributed by atoms with Crippen LogP contribution in [0.1, 0.15) is 39.0 Å². The predicted octanol–water partition coefficient (Wildman–Crippen LogP) is 5.57. The summed E-state index contributed by atoms with van der Waals surface area (Å²) in [7, 11) is 0. The molecule has 0 aliphatic rings. The van der Waals surface area contributed by atoms with Crippen LogP contribution in [0.5, 0.6) is 0 Å². The molecular formula is C24H27ClN4O3. The zero-order valence-electron chi connectivity index (χ0n) is 18.6. The molecule has 0 unspecified atom stereocenters. The van der Waals surface area contributed by atoms with Crippen LogP contribution < -0.4 is 10.6 Å². The van der Waals surface area contributed by atoms with Gasteiger partial charge in [0.1, 0.15) is 5.82 Å². The number of carbonyl (C=O) groups excluding carboxylic acids is 2. The van der Waals surface area contributed by atoms with E-state index in [0.717, 1.165) is 16.9 Å². The lowest BCUT2D eigenvalue weighted by Gasteiger charge is -2.14. The maximum Gasteiger partial charge on any atom is 0.324 e. The van der Waals surface area contributed by atoms with Crippen molar-refractivity contribution in [1.29, 1.82) is 0 Å². The number of hydrogen-bond donors (Lipinski definition) is 2. The topological polar surface area (TPSA) is 85.2 Å². The maximum absolute atomic E-state index is 12.6. The number of amides is 2. The lowest BCUT2D eigenvalue weighted by molar-refractivity contribution is -0.142. The molecule has 3 aromatic rings. The first-order valence-corrected chi connectivity index (χ1v) is 10.7. The van der Waals surface area contributed by atoms with E-state index in [1.807, 2.05) is 30.3 Å². The Morgan fingerprint density at radius 3 is 2.28 bits per heavy atom.